The normalized spacial score (nSPS) is 16.7. The molecule has 1 aliphatic heterocycles. The van der Waals surface area contributed by atoms with E-state index in [1.165, 1.54) is 11.6 Å². The third-order valence-electron chi connectivity index (χ3n) is 4.47. The van der Waals surface area contributed by atoms with Crippen molar-refractivity contribution >= 4 is 28.1 Å². The first-order valence-electron chi connectivity index (χ1n) is 7.51. The molecule has 9 heteroatoms. The molecule has 0 N–H and O–H groups in total. The number of nitrogens with zero attached hydrogens (tertiary/aromatic N) is 6. The van der Waals surface area contributed by atoms with E-state index >= 15 is 0 Å². The third-order valence-corrected chi connectivity index (χ3v) is 4.47. The number of aryl methyl sites for hydroxylation is 1. The molecule has 2 aromatic heterocycles. The Morgan fingerprint density at radius 2 is 1.65 bits per heavy atom. The summed E-state index contributed by atoms with van der Waals surface area (Å²) in [5.74, 6) is 0. The van der Waals surface area contributed by atoms with Gasteiger partial charge in [-0.15, -0.1) is 17.0 Å². The zero-order chi connectivity index (χ0) is 15.9. The number of piperazine rings is 1. The molecule has 8 nitrogen and oxygen atoms in total. The quantitative estimate of drug-likeness (QED) is 0.694. The summed E-state index contributed by atoms with van der Waals surface area (Å²) in [7, 11) is 5.27. The Balaban J connectivity index is 0.00000192. The molecule has 0 bridgehead atoms. The van der Waals surface area contributed by atoms with Crippen LogP contribution in [0.4, 0.5) is 0 Å². The predicted octanol–water partition coefficient (Wildman–Crippen LogP) is -0.741. The molecule has 3 rings (SSSR count). The van der Waals surface area contributed by atoms with E-state index < -0.39 is 0 Å². The Kier molecular flexibility index (Phi) is 5.43. The highest BCUT2D eigenvalue weighted by atomic mass is 79.9. The molecule has 0 spiro atoms. The minimum Gasteiger partial charge on any atom is -0.323 e. The highest BCUT2D eigenvalue weighted by molar-refractivity contribution is 8.93. The Bertz CT molecular complexity index is 800. The fraction of sp³-hybridized carbons (Fsp3) is 0.643. The van der Waals surface area contributed by atoms with Gasteiger partial charge >= 0.3 is 5.69 Å². The fourth-order valence-corrected chi connectivity index (χ4v) is 2.89. The zero-order valence-electron chi connectivity index (χ0n) is 13.7. The van der Waals surface area contributed by atoms with Crippen LogP contribution in [0.2, 0.25) is 0 Å². The molecule has 0 aromatic carbocycles. The maximum atomic E-state index is 12.3. The number of halogens is 1. The van der Waals surface area contributed by atoms with Crippen molar-refractivity contribution in [3.63, 3.8) is 0 Å². The lowest BCUT2D eigenvalue weighted by Gasteiger charge is -2.32. The van der Waals surface area contributed by atoms with Gasteiger partial charge in [0.05, 0.1) is 6.33 Å². The van der Waals surface area contributed by atoms with E-state index in [1.54, 1.807) is 13.4 Å². The second-order valence-corrected chi connectivity index (χ2v) is 5.96. The van der Waals surface area contributed by atoms with Gasteiger partial charge in [0.15, 0.2) is 11.2 Å². The van der Waals surface area contributed by atoms with Gasteiger partial charge in [-0.25, -0.2) is 9.78 Å². The fourth-order valence-electron chi connectivity index (χ4n) is 2.89. The average Bonchev–Trinajstić information content (AvgIpc) is 2.94. The van der Waals surface area contributed by atoms with Crippen molar-refractivity contribution in [2.24, 2.45) is 14.1 Å². The largest absolute Gasteiger partial charge is 0.332 e. The van der Waals surface area contributed by atoms with Crippen molar-refractivity contribution in [2.45, 2.75) is 6.54 Å². The second kappa shape index (κ2) is 6.98. The van der Waals surface area contributed by atoms with Gasteiger partial charge in [0.2, 0.25) is 0 Å². The van der Waals surface area contributed by atoms with Crippen LogP contribution in [0.1, 0.15) is 0 Å². The first kappa shape index (κ1) is 17.9. The SMILES string of the molecule is Br.CN1CCN(CCn2cnc3c2c(=O)n(C)c(=O)n3C)CC1. The molecule has 0 amide bonds. The van der Waals surface area contributed by atoms with E-state index in [0.717, 1.165) is 37.3 Å². The second-order valence-electron chi connectivity index (χ2n) is 5.96. The molecular formula is C14H23BrN6O2. The summed E-state index contributed by atoms with van der Waals surface area (Å²) in [6.07, 6.45) is 1.65. The summed E-state index contributed by atoms with van der Waals surface area (Å²) in [6.45, 7) is 5.81. The number of aromatic nitrogens is 4. The smallest absolute Gasteiger partial charge is 0.323 e. The molecule has 0 atom stereocenters. The summed E-state index contributed by atoms with van der Waals surface area (Å²) in [5, 5.41) is 0. The Morgan fingerprint density at radius 3 is 2.30 bits per heavy atom. The van der Waals surface area contributed by atoms with Gasteiger partial charge in [-0.1, -0.05) is 0 Å². The molecule has 23 heavy (non-hydrogen) atoms. The van der Waals surface area contributed by atoms with Gasteiger partial charge in [-0.05, 0) is 7.05 Å². The Hall–Kier alpha value is -1.45. The Labute approximate surface area is 144 Å². The van der Waals surface area contributed by atoms with Gasteiger partial charge in [0.1, 0.15) is 0 Å². The molecular weight excluding hydrogens is 364 g/mol. The minimum absolute atomic E-state index is 0. The van der Waals surface area contributed by atoms with Crippen molar-refractivity contribution in [1.29, 1.82) is 0 Å². The van der Waals surface area contributed by atoms with Gasteiger partial charge in [0.25, 0.3) is 5.56 Å². The van der Waals surface area contributed by atoms with Crippen LogP contribution in [0.25, 0.3) is 11.2 Å². The number of fused-ring (bicyclic) bond motifs is 1. The number of likely N-dealkylation sites (N-methyl/N-ethyl adjacent to an activating group) is 1. The number of hydrogen-bond acceptors (Lipinski definition) is 5. The summed E-state index contributed by atoms with van der Waals surface area (Å²) in [6, 6.07) is 0. The molecule has 1 fully saturated rings. The lowest BCUT2D eigenvalue weighted by Crippen LogP contribution is -2.45. The molecule has 0 unspecified atom stereocenters. The van der Waals surface area contributed by atoms with E-state index in [-0.39, 0.29) is 28.2 Å². The molecule has 1 aliphatic rings. The van der Waals surface area contributed by atoms with Crippen molar-refractivity contribution in [1.82, 2.24) is 28.5 Å². The summed E-state index contributed by atoms with van der Waals surface area (Å²) in [5.41, 5.74) is 0.320. The van der Waals surface area contributed by atoms with Gasteiger partial charge < -0.3 is 9.47 Å². The van der Waals surface area contributed by atoms with Crippen LogP contribution in [0, 0.1) is 0 Å². The monoisotopic (exact) mass is 386 g/mol. The molecule has 1 saturated heterocycles. The molecule has 3 heterocycles. The van der Waals surface area contributed by atoms with E-state index in [1.807, 2.05) is 4.57 Å². The highest BCUT2D eigenvalue weighted by Gasteiger charge is 2.16. The standard InChI is InChI=1S/C14H22N6O2.BrH/c1-16-4-6-19(7-5-16)8-9-20-10-15-12-11(20)13(21)18(3)14(22)17(12)2;/h10H,4-9H2,1-3H3;1H. The van der Waals surface area contributed by atoms with Crippen LogP contribution in [0.15, 0.2) is 15.9 Å². The topological polar surface area (TPSA) is 68.3 Å². The first-order valence-corrected chi connectivity index (χ1v) is 7.51. The predicted molar refractivity (Wildman–Crippen MR) is 94.5 cm³/mol. The lowest BCUT2D eigenvalue weighted by molar-refractivity contribution is 0.150. The van der Waals surface area contributed by atoms with Crippen LogP contribution in [0.5, 0.6) is 0 Å². The number of hydrogen-bond donors (Lipinski definition) is 0. The van der Waals surface area contributed by atoms with E-state index in [2.05, 4.69) is 21.8 Å². The minimum atomic E-state index is -0.346. The zero-order valence-corrected chi connectivity index (χ0v) is 15.4. The number of imidazole rings is 1. The van der Waals surface area contributed by atoms with E-state index in [9.17, 15) is 9.59 Å². The van der Waals surface area contributed by atoms with Crippen molar-refractivity contribution < 1.29 is 0 Å². The van der Waals surface area contributed by atoms with E-state index in [0.29, 0.717) is 17.7 Å². The maximum Gasteiger partial charge on any atom is 0.332 e. The average molecular weight is 387 g/mol. The molecule has 0 saturated carbocycles. The van der Waals surface area contributed by atoms with Crippen molar-refractivity contribution in [2.75, 3.05) is 39.8 Å². The summed E-state index contributed by atoms with van der Waals surface area (Å²) < 4.78 is 4.41. The van der Waals surface area contributed by atoms with Gasteiger partial charge in [-0.3, -0.25) is 18.8 Å². The summed E-state index contributed by atoms with van der Waals surface area (Å²) >= 11 is 0. The lowest BCUT2D eigenvalue weighted by atomic mass is 10.3. The van der Waals surface area contributed by atoms with Crippen molar-refractivity contribution in [3.8, 4) is 0 Å². The molecule has 128 valence electrons. The maximum absolute atomic E-state index is 12.3. The van der Waals surface area contributed by atoms with Crippen LogP contribution >= 0.6 is 17.0 Å². The van der Waals surface area contributed by atoms with Crippen LogP contribution in [-0.4, -0.2) is 68.3 Å². The first-order chi connectivity index (χ1) is 10.5. The van der Waals surface area contributed by atoms with Crippen LogP contribution < -0.4 is 11.2 Å². The van der Waals surface area contributed by atoms with Crippen molar-refractivity contribution in [3.05, 3.63) is 27.2 Å². The van der Waals surface area contributed by atoms with Crippen LogP contribution in [-0.2, 0) is 20.6 Å². The third kappa shape index (κ3) is 3.26. The van der Waals surface area contributed by atoms with Gasteiger partial charge in [0, 0.05) is 53.4 Å². The highest BCUT2D eigenvalue weighted by Crippen LogP contribution is 2.06. The van der Waals surface area contributed by atoms with Crippen LogP contribution in [0.3, 0.4) is 0 Å². The summed E-state index contributed by atoms with van der Waals surface area (Å²) in [4.78, 5) is 33.2. The van der Waals surface area contributed by atoms with Gasteiger partial charge in [-0.2, -0.15) is 0 Å². The number of rotatable bonds is 3. The van der Waals surface area contributed by atoms with E-state index in [4.69, 9.17) is 0 Å². The molecule has 2 aromatic rings. The molecule has 0 radical (unpaired) electrons. The molecule has 0 aliphatic carbocycles. The Morgan fingerprint density at radius 1 is 1.00 bits per heavy atom.